The van der Waals surface area contributed by atoms with Gasteiger partial charge in [0.15, 0.2) is 0 Å². The van der Waals surface area contributed by atoms with E-state index in [-0.39, 0.29) is 0 Å². The molecule has 0 bridgehead atoms. The number of nitrogens with two attached hydrogens (primary N) is 1. The minimum atomic E-state index is 0.537. The Bertz CT molecular complexity index is 637. The minimum Gasteiger partial charge on any atom is -0.396 e. The summed E-state index contributed by atoms with van der Waals surface area (Å²) in [6, 6.07) is 4.27. The molecule has 0 radical (unpaired) electrons. The van der Waals surface area contributed by atoms with Gasteiger partial charge in [0.25, 0.3) is 0 Å². The number of piperidine rings is 1. The van der Waals surface area contributed by atoms with Crippen LogP contribution in [-0.2, 0) is 0 Å². The van der Waals surface area contributed by atoms with Gasteiger partial charge in [0.05, 0.1) is 33.9 Å². The largest absolute Gasteiger partial charge is 0.396 e. The van der Waals surface area contributed by atoms with Crippen molar-refractivity contribution < 1.29 is 0 Å². The summed E-state index contributed by atoms with van der Waals surface area (Å²) >= 11 is 1.65. The molecule has 1 fully saturated rings. The molecule has 3 N–H and O–H groups in total. The molecule has 0 saturated carbocycles. The first kappa shape index (κ1) is 13.2. The summed E-state index contributed by atoms with van der Waals surface area (Å²) in [5.41, 5.74) is 12.1. The van der Waals surface area contributed by atoms with E-state index >= 15 is 0 Å². The molecule has 3 heterocycles. The molecular formula is C14H17N5S. The van der Waals surface area contributed by atoms with Crippen LogP contribution in [0.15, 0.2) is 17.6 Å². The second-order valence-corrected chi connectivity index (χ2v) is 6.04. The number of rotatable bonds is 3. The second-order valence-electron chi connectivity index (χ2n) is 5.13. The standard InChI is InChI=1S/C14H17N5S/c15-5-1-10-2-6-19(7-3-10)18-13-11(16)9-17-12-4-8-20-14(12)13/h4,8-10H,1-3,6-7,16H2,(H,17,18). The van der Waals surface area contributed by atoms with Crippen molar-refractivity contribution in [2.75, 3.05) is 24.2 Å². The highest BCUT2D eigenvalue weighted by atomic mass is 32.1. The Labute approximate surface area is 122 Å². The Hall–Kier alpha value is -1.84. The molecule has 3 rings (SSSR count). The van der Waals surface area contributed by atoms with Gasteiger partial charge >= 0.3 is 0 Å². The predicted molar refractivity (Wildman–Crippen MR) is 82.2 cm³/mol. The van der Waals surface area contributed by atoms with Gasteiger partial charge in [0, 0.05) is 19.5 Å². The maximum atomic E-state index is 8.75. The number of nitrogens with zero attached hydrogens (tertiary/aromatic N) is 3. The fraction of sp³-hybridized carbons (Fsp3) is 0.429. The highest BCUT2D eigenvalue weighted by Crippen LogP contribution is 2.33. The van der Waals surface area contributed by atoms with Crippen LogP contribution in [-0.4, -0.2) is 23.1 Å². The lowest BCUT2D eigenvalue weighted by Gasteiger charge is -2.32. The first-order valence-corrected chi connectivity index (χ1v) is 7.66. The maximum absolute atomic E-state index is 8.75. The number of nitriles is 1. The summed E-state index contributed by atoms with van der Waals surface area (Å²) in [6.45, 7) is 1.89. The average Bonchev–Trinajstić information content (AvgIpc) is 2.93. The van der Waals surface area contributed by atoms with E-state index in [1.165, 1.54) is 0 Å². The van der Waals surface area contributed by atoms with Crippen LogP contribution >= 0.6 is 11.3 Å². The van der Waals surface area contributed by atoms with Gasteiger partial charge in [-0.25, -0.2) is 5.01 Å². The topological polar surface area (TPSA) is 78.0 Å². The van der Waals surface area contributed by atoms with Crippen molar-refractivity contribution in [1.29, 1.82) is 5.26 Å². The van der Waals surface area contributed by atoms with E-state index in [2.05, 4.69) is 21.5 Å². The summed E-state index contributed by atoms with van der Waals surface area (Å²) in [6.07, 6.45) is 4.48. The molecule has 2 aromatic heterocycles. The molecule has 6 heteroatoms. The van der Waals surface area contributed by atoms with Crippen molar-refractivity contribution in [3.8, 4) is 6.07 Å². The van der Waals surface area contributed by atoms with Crippen LogP contribution in [0.3, 0.4) is 0 Å². The molecule has 2 aromatic rings. The Morgan fingerprint density at radius 2 is 2.30 bits per heavy atom. The molecule has 1 aliphatic rings. The molecule has 0 unspecified atom stereocenters. The van der Waals surface area contributed by atoms with E-state index in [0.717, 1.165) is 41.8 Å². The summed E-state index contributed by atoms with van der Waals surface area (Å²) in [5.74, 6) is 0.537. The van der Waals surface area contributed by atoms with E-state index < -0.39 is 0 Å². The number of nitrogens with one attached hydrogen (secondary N) is 1. The first-order chi connectivity index (χ1) is 9.78. The Morgan fingerprint density at radius 1 is 1.50 bits per heavy atom. The Balaban J connectivity index is 1.73. The van der Waals surface area contributed by atoms with E-state index in [1.54, 1.807) is 17.5 Å². The minimum absolute atomic E-state index is 0.537. The first-order valence-electron chi connectivity index (χ1n) is 6.78. The fourth-order valence-electron chi connectivity index (χ4n) is 2.58. The third kappa shape index (κ3) is 2.55. The lowest BCUT2D eigenvalue weighted by Crippen LogP contribution is -2.38. The predicted octanol–water partition coefficient (Wildman–Crippen LogP) is 2.83. The third-order valence-corrected chi connectivity index (χ3v) is 4.69. The van der Waals surface area contributed by atoms with Gasteiger partial charge in [-0.3, -0.25) is 4.98 Å². The van der Waals surface area contributed by atoms with Crippen molar-refractivity contribution in [2.24, 2.45) is 5.92 Å². The van der Waals surface area contributed by atoms with Crippen molar-refractivity contribution in [3.05, 3.63) is 17.6 Å². The summed E-state index contributed by atoms with van der Waals surface area (Å²) in [5, 5.41) is 13.0. The highest BCUT2D eigenvalue weighted by Gasteiger charge is 2.20. The lowest BCUT2D eigenvalue weighted by molar-refractivity contribution is 0.219. The van der Waals surface area contributed by atoms with E-state index in [1.807, 2.05) is 11.4 Å². The highest BCUT2D eigenvalue weighted by molar-refractivity contribution is 7.17. The zero-order chi connectivity index (χ0) is 13.9. The van der Waals surface area contributed by atoms with Crippen molar-refractivity contribution in [2.45, 2.75) is 19.3 Å². The van der Waals surface area contributed by atoms with Gasteiger partial charge < -0.3 is 11.2 Å². The molecule has 20 heavy (non-hydrogen) atoms. The average molecular weight is 287 g/mol. The second kappa shape index (κ2) is 5.65. The molecule has 0 aliphatic carbocycles. The maximum Gasteiger partial charge on any atom is 0.0932 e. The fourth-order valence-corrected chi connectivity index (χ4v) is 3.43. The number of anilines is 2. The van der Waals surface area contributed by atoms with Crippen LogP contribution < -0.4 is 11.2 Å². The number of thiophene rings is 1. The SMILES string of the molecule is N#CCC1CCN(Nc2c(N)cnc3ccsc23)CC1. The number of fused-ring (bicyclic) bond motifs is 1. The third-order valence-electron chi connectivity index (χ3n) is 3.77. The van der Waals surface area contributed by atoms with Crippen molar-refractivity contribution in [3.63, 3.8) is 0 Å². The normalized spacial score (nSPS) is 17.1. The zero-order valence-corrected chi connectivity index (χ0v) is 12.0. The van der Waals surface area contributed by atoms with Crippen LogP contribution in [0.4, 0.5) is 11.4 Å². The molecule has 5 nitrogen and oxygen atoms in total. The summed E-state index contributed by atoms with van der Waals surface area (Å²) < 4.78 is 1.10. The van der Waals surface area contributed by atoms with Crippen LogP contribution in [0.5, 0.6) is 0 Å². The molecule has 0 spiro atoms. The molecular weight excluding hydrogens is 270 g/mol. The van der Waals surface area contributed by atoms with Gasteiger partial charge in [0.1, 0.15) is 0 Å². The van der Waals surface area contributed by atoms with E-state index in [0.29, 0.717) is 18.0 Å². The number of pyridine rings is 1. The number of hydrogen-bond donors (Lipinski definition) is 2. The van der Waals surface area contributed by atoms with Gasteiger partial charge in [-0.2, -0.15) is 5.26 Å². The van der Waals surface area contributed by atoms with Crippen LogP contribution in [0.25, 0.3) is 10.2 Å². The van der Waals surface area contributed by atoms with Crippen molar-refractivity contribution in [1.82, 2.24) is 9.99 Å². The van der Waals surface area contributed by atoms with Crippen LogP contribution in [0.2, 0.25) is 0 Å². The van der Waals surface area contributed by atoms with E-state index in [4.69, 9.17) is 11.0 Å². The van der Waals surface area contributed by atoms with E-state index in [9.17, 15) is 0 Å². The smallest absolute Gasteiger partial charge is 0.0932 e. The van der Waals surface area contributed by atoms with Gasteiger partial charge in [-0.15, -0.1) is 11.3 Å². The molecule has 104 valence electrons. The van der Waals surface area contributed by atoms with Crippen LogP contribution in [0, 0.1) is 17.2 Å². The molecule has 0 atom stereocenters. The summed E-state index contributed by atoms with van der Waals surface area (Å²) in [7, 11) is 0. The summed E-state index contributed by atoms with van der Waals surface area (Å²) in [4.78, 5) is 4.32. The number of aromatic nitrogens is 1. The number of hydrazine groups is 1. The monoisotopic (exact) mass is 287 g/mol. The number of hydrogen-bond acceptors (Lipinski definition) is 6. The molecule has 0 aromatic carbocycles. The molecule has 1 saturated heterocycles. The number of nitrogen functional groups attached to an aromatic ring is 1. The van der Waals surface area contributed by atoms with Gasteiger partial charge in [-0.1, -0.05) is 0 Å². The molecule has 0 amide bonds. The molecule has 1 aliphatic heterocycles. The quantitative estimate of drug-likeness (QED) is 0.907. The Kier molecular flexibility index (Phi) is 3.72. The zero-order valence-electron chi connectivity index (χ0n) is 11.2. The lowest BCUT2D eigenvalue weighted by atomic mass is 9.95. The van der Waals surface area contributed by atoms with Gasteiger partial charge in [-0.05, 0) is 30.2 Å². The van der Waals surface area contributed by atoms with Crippen molar-refractivity contribution >= 4 is 32.9 Å². The van der Waals surface area contributed by atoms with Gasteiger partial charge in [0.2, 0.25) is 0 Å². The van der Waals surface area contributed by atoms with Crippen LogP contribution in [0.1, 0.15) is 19.3 Å². The Morgan fingerprint density at radius 3 is 3.05 bits per heavy atom.